The number of aliphatic hydroxyl groups is 3. The number of nitrogens with one attached hydrogen (secondary N) is 1. The number of carbonyl (C=O) groups excluding carboxylic acids is 2. The van der Waals surface area contributed by atoms with E-state index in [0.29, 0.717) is 40.6 Å². The number of nitrogens with zero attached hydrogens (tertiary/aromatic N) is 1. The van der Waals surface area contributed by atoms with E-state index in [0.717, 1.165) is 0 Å². The lowest BCUT2D eigenvalue weighted by Crippen LogP contribution is -2.49. The van der Waals surface area contributed by atoms with Crippen LogP contribution in [0.15, 0.2) is 30.3 Å². The summed E-state index contributed by atoms with van der Waals surface area (Å²) in [5.74, 6) is -0.658. The van der Waals surface area contributed by atoms with Crippen molar-refractivity contribution in [1.29, 1.82) is 0 Å². The lowest BCUT2D eigenvalue weighted by molar-refractivity contribution is 0.0610. The Labute approximate surface area is 150 Å². The van der Waals surface area contributed by atoms with Gasteiger partial charge in [-0.25, -0.2) is 0 Å². The summed E-state index contributed by atoms with van der Waals surface area (Å²) in [7, 11) is 0. The Hall–Kier alpha value is -2.48. The molecule has 7 heteroatoms. The minimum atomic E-state index is -1.31. The predicted octanol–water partition coefficient (Wildman–Crippen LogP) is 0.973. The zero-order valence-electron chi connectivity index (χ0n) is 14.5. The molecule has 26 heavy (non-hydrogen) atoms. The normalized spacial score (nSPS) is 14.2. The molecule has 2 aromatic rings. The van der Waals surface area contributed by atoms with Gasteiger partial charge in [-0.05, 0) is 24.6 Å². The van der Waals surface area contributed by atoms with Crippen molar-refractivity contribution in [2.45, 2.75) is 18.9 Å². The third-order valence-corrected chi connectivity index (χ3v) is 4.75. The monoisotopic (exact) mass is 358 g/mol. The molecule has 0 aromatic heterocycles. The Bertz CT molecular complexity index is 830. The van der Waals surface area contributed by atoms with Crippen molar-refractivity contribution in [3.63, 3.8) is 0 Å². The van der Waals surface area contributed by atoms with E-state index in [4.69, 9.17) is 0 Å². The van der Waals surface area contributed by atoms with Crippen LogP contribution in [0.4, 0.5) is 5.69 Å². The van der Waals surface area contributed by atoms with Gasteiger partial charge in [0.25, 0.3) is 11.8 Å². The van der Waals surface area contributed by atoms with Gasteiger partial charge in [0.1, 0.15) is 5.54 Å². The van der Waals surface area contributed by atoms with E-state index in [1.54, 1.807) is 30.3 Å². The van der Waals surface area contributed by atoms with Crippen molar-refractivity contribution in [2.24, 2.45) is 0 Å². The van der Waals surface area contributed by atoms with Crippen molar-refractivity contribution < 1.29 is 24.9 Å². The van der Waals surface area contributed by atoms with Crippen LogP contribution in [0.2, 0.25) is 0 Å². The Morgan fingerprint density at radius 2 is 1.58 bits per heavy atom. The molecule has 0 fully saturated rings. The van der Waals surface area contributed by atoms with Gasteiger partial charge in [0.15, 0.2) is 0 Å². The van der Waals surface area contributed by atoms with Gasteiger partial charge in [0.2, 0.25) is 0 Å². The minimum Gasteiger partial charge on any atom is -0.394 e. The highest BCUT2D eigenvalue weighted by molar-refractivity contribution is 6.26. The van der Waals surface area contributed by atoms with Crippen molar-refractivity contribution >= 4 is 28.3 Å². The van der Waals surface area contributed by atoms with Crippen LogP contribution >= 0.6 is 0 Å². The minimum absolute atomic E-state index is 0.329. The quantitative estimate of drug-likeness (QED) is 0.549. The van der Waals surface area contributed by atoms with Crippen LogP contribution in [0.25, 0.3) is 10.8 Å². The molecule has 7 nitrogen and oxygen atoms in total. The number of aliphatic hydroxyl groups excluding tert-OH is 3. The number of hydrogen-bond donors (Lipinski definition) is 4. The molecule has 0 spiro atoms. The average Bonchev–Trinajstić information content (AvgIpc) is 2.68. The van der Waals surface area contributed by atoms with E-state index in [2.05, 4.69) is 5.32 Å². The molecular weight excluding hydrogens is 336 g/mol. The number of amides is 2. The SMILES string of the molecule is CCCN1C(=O)c2cccc3c(NC(CO)(CO)CO)ccc(c23)C1=O. The van der Waals surface area contributed by atoms with Crippen LogP contribution < -0.4 is 5.32 Å². The van der Waals surface area contributed by atoms with Gasteiger partial charge in [-0.2, -0.15) is 0 Å². The maximum atomic E-state index is 12.7. The van der Waals surface area contributed by atoms with E-state index in [1.165, 1.54) is 4.90 Å². The van der Waals surface area contributed by atoms with E-state index in [1.807, 2.05) is 6.92 Å². The summed E-state index contributed by atoms with van der Waals surface area (Å²) in [5, 5.41) is 32.8. The summed E-state index contributed by atoms with van der Waals surface area (Å²) in [5.41, 5.74) is 0.0949. The maximum absolute atomic E-state index is 12.7. The Balaban J connectivity index is 2.17. The molecule has 0 atom stereocenters. The molecule has 0 aliphatic carbocycles. The highest BCUT2D eigenvalue weighted by Crippen LogP contribution is 2.35. The molecule has 2 aromatic carbocycles. The summed E-state index contributed by atoms with van der Waals surface area (Å²) < 4.78 is 0. The summed E-state index contributed by atoms with van der Waals surface area (Å²) >= 11 is 0. The lowest BCUT2D eigenvalue weighted by atomic mass is 9.92. The maximum Gasteiger partial charge on any atom is 0.261 e. The standard InChI is InChI=1S/C19H22N2O5/c1-2-8-21-17(25)13-5-3-4-12-15(20-19(9-22,10-23)11-24)7-6-14(16(12)13)18(21)26/h3-7,20,22-24H,2,8-11H2,1H3. The van der Waals surface area contributed by atoms with Crippen molar-refractivity contribution in [3.05, 3.63) is 41.5 Å². The van der Waals surface area contributed by atoms with Crippen LogP contribution in [0.3, 0.4) is 0 Å². The van der Waals surface area contributed by atoms with Crippen molar-refractivity contribution in [2.75, 3.05) is 31.7 Å². The van der Waals surface area contributed by atoms with Gasteiger partial charge in [-0.3, -0.25) is 14.5 Å². The zero-order valence-corrected chi connectivity index (χ0v) is 14.5. The second kappa shape index (κ2) is 7.03. The van der Waals surface area contributed by atoms with Crippen molar-refractivity contribution in [3.8, 4) is 0 Å². The van der Waals surface area contributed by atoms with Crippen molar-refractivity contribution in [1.82, 2.24) is 4.90 Å². The van der Waals surface area contributed by atoms with E-state index < -0.39 is 25.4 Å². The molecule has 0 saturated heterocycles. The molecule has 0 bridgehead atoms. The van der Waals surface area contributed by atoms with Crippen LogP contribution in [0.1, 0.15) is 34.1 Å². The first-order valence-corrected chi connectivity index (χ1v) is 8.54. The second-order valence-electron chi connectivity index (χ2n) is 6.53. The number of benzene rings is 2. The Morgan fingerprint density at radius 1 is 0.962 bits per heavy atom. The van der Waals surface area contributed by atoms with Gasteiger partial charge in [-0.15, -0.1) is 0 Å². The fourth-order valence-corrected chi connectivity index (χ4v) is 3.24. The number of carbonyl (C=O) groups is 2. The van der Waals surface area contributed by atoms with Gasteiger partial charge < -0.3 is 20.6 Å². The van der Waals surface area contributed by atoms with Gasteiger partial charge in [0, 0.05) is 34.1 Å². The smallest absolute Gasteiger partial charge is 0.261 e. The molecular formula is C19H22N2O5. The number of rotatable bonds is 7. The van der Waals surface area contributed by atoms with E-state index >= 15 is 0 Å². The molecule has 1 heterocycles. The highest BCUT2D eigenvalue weighted by atomic mass is 16.3. The first kappa shape index (κ1) is 18.3. The zero-order chi connectivity index (χ0) is 18.9. The molecule has 0 unspecified atom stereocenters. The highest BCUT2D eigenvalue weighted by Gasteiger charge is 2.34. The molecule has 1 aliphatic heterocycles. The predicted molar refractivity (Wildman–Crippen MR) is 97.2 cm³/mol. The summed E-state index contributed by atoms with van der Waals surface area (Å²) in [6.07, 6.45) is 0.675. The number of anilines is 1. The number of hydrogen-bond acceptors (Lipinski definition) is 6. The largest absolute Gasteiger partial charge is 0.394 e. The fraction of sp³-hybridized carbons (Fsp3) is 0.368. The topological polar surface area (TPSA) is 110 Å². The van der Waals surface area contributed by atoms with Crippen LogP contribution in [-0.2, 0) is 0 Å². The van der Waals surface area contributed by atoms with E-state index in [9.17, 15) is 24.9 Å². The third-order valence-electron chi connectivity index (χ3n) is 4.75. The molecule has 0 saturated carbocycles. The molecule has 1 aliphatic rings. The molecule has 4 N–H and O–H groups in total. The van der Waals surface area contributed by atoms with E-state index in [-0.39, 0.29) is 11.8 Å². The van der Waals surface area contributed by atoms with Crippen LogP contribution in [-0.4, -0.2) is 63.9 Å². The summed E-state index contributed by atoms with van der Waals surface area (Å²) in [4.78, 5) is 26.7. The molecule has 138 valence electrons. The summed E-state index contributed by atoms with van der Waals surface area (Å²) in [6.45, 7) is 0.819. The number of imide groups is 1. The fourth-order valence-electron chi connectivity index (χ4n) is 3.24. The van der Waals surface area contributed by atoms with Gasteiger partial charge in [-0.1, -0.05) is 19.1 Å². The van der Waals surface area contributed by atoms with Gasteiger partial charge in [0.05, 0.1) is 19.8 Å². The summed E-state index contributed by atoms with van der Waals surface area (Å²) in [6, 6.07) is 8.46. The average molecular weight is 358 g/mol. The first-order valence-electron chi connectivity index (χ1n) is 8.54. The second-order valence-corrected chi connectivity index (χ2v) is 6.53. The first-order chi connectivity index (χ1) is 12.5. The third kappa shape index (κ3) is 2.74. The Morgan fingerprint density at radius 3 is 2.15 bits per heavy atom. The molecule has 0 radical (unpaired) electrons. The van der Waals surface area contributed by atoms with Gasteiger partial charge >= 0.3 is 0 Å². The lowest BCUT2D eigenvalue weighted by Gasteiger charge is -2.32. The van der Waals surface area contributed by atoms with Crippen LogP contribution in [0, 0.1) is 0 Å². The molecule has 2 amide bonds. The van der Waals surface area contributed by atoms with Crippen LogP contribution in [0.5, 0.6) is 0 Å². The molecule has 3 rings (SSSR count). The Kier molecular flexibility index (Phi) is 4.95.